The van der Waals surface area contributed by atoms with E-state index in [1.807, 2.05) is 11.9 Å². The molecule has 0 aromatic heterocycles. The van der Waals surface area contributed by atoms with Crippen LogP contribution in [0, 0.1) is 11.3 Å². The van der Waals surface area contributed by atoms with Gasteiger partial charge >= 0.3 is 0 Å². The fourth-order valence-electron chi connectivity index (χ4n) is 3.78. The zero-order valence-corrected chi connectivity index (χ0v) is 13.1. The van der Waals surface area contributed by atoms with Gasteiger partial charge in [0.1, 0.15) is 0 Å². The number of piperidine rings is 1. The molecule has 0 aromatic carbocycles. The molecule has 1 unspecified atom stereocenters. The van der Waals surface area contributed by atoms with Crippen LogP contribution in [0.25, 0.3) is 0 Å². The van der Waals surface area contributed by atoms with Crippen LogP contribution in [0.2, 0.25) is 0 Å². The molecule has 2 aliphatic rings. The smallest absolute Gasteiger partial charge is 0.228 e. The van der Waals surface area contributed by atoms with Gasteiger partial charge in [-0.05, 0) is 51.1 Å². The molecule has 116 valence electrons. The summed E-state index contributed by atoms with van der Waals surface area (Å²) in [4.78, 5) is 14.9. The van der Waals surface area contributed by atoms with Gasteiger partial charge in [0, 0.05) is 20.2 Å². The first-order valence-electron chi connectivity index (χ1n) is 8.22. The average Bonchev–Trinajstić information content (AvgIpc) is 2.48. The largest absolute Gasteiger partial charge is 0.381 e. The lowest BCUT2D eigenvalue weighted by Gasteiger charge is -2.40. The highest BCUT2D eigenvalue weighted by Gasteiger charge is 2.40. The third-order valence-corrected chi connectivity index (χ3v) is 4.88. The van der Waals surface area contributed by atoms with E-state index >= 15 is 0 Å². The van der Waals surface area contributed by atoms with Crippen molar-refractivity contribution in [3.05, 3.63) is 0 Å². The van der Waals surface area contributed by atoms with Crippen molar-refractivity contribution in [2.45, 2.75) is 45.4 Å². The monoisotopic (exact) mass is 282 g/mol. The summed E-state index contributed by atoms with van der Waals surface area (Å²) in [7, 11) is 1.98. The lowest BCUT2D eigenvalue weighted by atomic mass is 9.74. The van der Waals surface area contributed by atoms with E-state index in [9.17, 15) is 4.79 Å². The SMILES string of the molecule is CCCC1(C(=O)N(C)CC2CCCOC2)CCNCC1. The number of nitrogens with zero attached hydrogens (tertiary/aromatic N) is 1. The Labute approximate surface area is 123 Å². The number of amides is 1. The van der Waals surface area contributed by atoms with Gasteiger partial charge < -0.3 is 15.0 Å². The van der Waals surface area contributed by atoms with Crippen LogP contribution in [0.3, 0.4) is 0 Å². The van der Waals surface area contributed by atoms with E-state index in [-0.39, 0.29) is 5.41 Å². The molecule has 0 bridgehead atoms. The molecule has 20 heavy (non-hydrogen) atoms. The second-order valence-electron chi connectivity index (χ2n) is 6.55. The van der Waals surface area contributed by atoms with Crippen LogP contribution < -0.4 is 5.32 Å². The maximum atomic E-state index is 12.9. The van der Waals surface area contributed by atoms with Crippen LogP contribution in [0.1, 0.15) is 45.4 Å². The van der Waals surface area contributed by atoms with Crippen molar-refractivity contribution in [3.63, 3.8) is 0 Å². The van der Waals surface area contributed by atoms with Crippen LogP contribution in [0.5, 0.6) is 0 Å². The maximum absolute atomic E-state index is 12.9. The fourth-order valence-corrected chi connectivity index (χ4v) is 3.78. The van der Waals surface area contributed by atoms with E-state index in [1.165, 1.54) is 6.42 Å². The van der Waals surface area contributed by atoms with Gasteiger partial charge in [0.15, 0.2) is 0 Å². The normalized spacial score (nSPS) is 26.2. The molecule has 2 fully saturated rings. The Kier molecular flexibility index (Phi) is 5.85. The highest BCUT2D eigenvalue weighted by molar-refractivity contribution is 5.82. The minimum absolute atomic E-state index is 0.107. The first kappa shape index (κ1) is 15.8. The summed E-state index contributed by atoms with van der Waals surface area (Å²) in [6.07, 6.45) is 6.43. The van der Waals surface area contributed by atoms with Gasteiger partial charge in [-0.15, -0.1) is 0 Å². The van der Waals surface area contributed by atoms with Crippen LogP contribution in [-0.4, -0.2) is 50.7 Å². The Balaban J connectivity index is 1.95. The van der Waals surface area contributed by atoms with E-state index in [0.717, 1.165) is 65.0 Å². The third-order valence-electron chi connectivity index (χ3n) is 4.88. The molecule has 0 saturated carbocycles. The summed E-state index contributed by atoms with van der Waals surface area (Å²) in [6, 6.07) is 0. The van der Waals surface area contributed by atoms with Gasteiger partial charge in [0.2, 0.25) is 5.91 Å². The van der Waals surface area contributed by atoms with E-state index in [4.69, 9.17) is 4.74 Å². The second kappa shape index (κ2) is 7.41. The van der Waals surface area contributed by atoms with Gasteiger partial charge in [-0.2, -0.15) is 0 Å². The Morgan fingerprint density at radius 1 is 1.40 bits per heavy atom. The Morgan fingerprint density at radius 3 is 2.75 bits per heavy atom. The van der Waals surface area contributed by atoms with Crippen molar-refractivity contribution < 1.29 is 9.53 Å². The predicted octanol–water partition coefficient (Wildman–Crippen LogP) is 2.04. The van der Waals surface area contributed by atoms with E-state index in [2.05, 4.69) is 12.2 Å². The molecule has 0 spiro atoms. The summed E-state index contributed by atoms with van der Waals surface area (Å²) in [5.41, 5.74) is -0.107. The van der Waals surface area contributed by atoms with Gasteiger partial charge in [0.05, 0.1) is 12.0 Å². The lowest BCUT2D eigenvalue weighted by Crippen LogP contribution is -2.49. The van der Waals surface area contributed by atoms with Crippen LogP contribution in [0.4, 0.5) is 0 Å². The minimum Gasteiger partial charge on any atom is -0.381 e. The number of hydrogen-bond donors (Lipinski definition) is 1. The highest BCUT2D eigenvalue weighted by atomic mass is 16.5. The summed E-state index contributed by atoms with van der Waals surface area (Å²) >= 11 is 0. The molecule has 4 nitrogen and oxygen atoms in total. The molecule has 2 rings (SSSR count). The highest BCUT2D eigenvalue weighted by Crippen LogP contribution is 2.36. The Bertz CT molecular complexity index is 302. The average molecular weight is 282 g/mol. The lowest BCUT2D eigenvalue weighted by molar-refractivity contribution is -0.144. The Hall–Kier alpha value is -0.610. The van der Waals surface area contributed by atoms with Crippen molar-refractivity contribution in [2.75, 3.05) is 39.9 Å². The summed E-state index contributed by atoms with van der Waals surface area (Å²) in [5, 5.41) is 3.38. The molecule has 0 aliphatic carbocycles. The fraction of sp³-hybridized carbons (Fsp3) is 0.938. The van der Waals surface area contributed by atoms with E-state index in [1.54, 1.807) is 0 Å². The molecule has 2 saturated heterocycles. The van der Waals surface area contributed by atoms with Crippen molar-refractivity contribution in [3.8, 4) is 0 Å². The van der Waals surface area contributed by atoms with Gasteiger partial charge in [-0.1, -0.05) is 13.3 Å². The first-order chi connectivity index (χ1) is 9.68. The van der Waals surface area contributed by atoms with E-state index < -0.39 is 0 Å². The summed E-state index contributed by atoms with van der Waals surface area (Å²) in [5.74, 6) is 0.893. The summed E-state index contributed by atoms with van der Waals surface area (Å²) < 4.78 is 5.53. The molecule has 0 radical (unpaired) electrons. The quantitative estimate of drug-likeness (QED) is 0.839. The zero-order chi connectivity index (χ0) is 14.4. The zero-order valence-electron chi connectivity index (χ0n) is 13.1. The molecule has 4 heteroatoms. The van der Waals surface area contributed by atoms with Crippen molar-refractivity contribution in [1.29, 1.82) is 0 Å². The molecule has 2 aliphatic heterocycles. The molecule has 2 heterocycles. The van der Waals surface area contributed by atoms with Gasteiger partial charge in [0.25, 0.3) is 0 Å². The number of carbonyl (C=O) groups excluding carboxylic acids is 1. The topological polar surface area (TPSA) is 41.6 Å². The number of hydrogen-bond acceptors (Lipinski definition) is 3. The number of nitrogens with one attached hydrogen (secondary N) is 1. The van der Waals surface area contributed by atoms with Crippen molar-refractivity contribution in [2.24, 2.45) is 11.3 Å². The maximum Gasteiger partial charge on any atom is 0.228 e. The summed E-state index contributed by atoms with van der Waals surface area (Å²) in [6.45, 7) is 6.71. The van der Waals surface area contributed by atoms with Crippen LogP contribution in [-0.2, 0) is 9.53 Å². The van der Waals surface area contributed by atoms with Crippen LogP contribution in [0.15, 0.2) is 0 Å². The minimum atomic E-state index is -0.107. The van der Waals surface area contributed by atoms with Gasteiger partial charge in [-0.25, -0.2) is 0 Å². The standard InChI is InChI=1S/C16H30N2O2/c1-3-6-16(7-9-17-10-8-16)15(19)18(2)12-14-5-4-11-20-13-14/h14,17H,3-13H2,1-2H3. The molecule has 0 aromatic rings. The first-order valence-corrected chi connectivity index (χ1v) is 8.22. The molecule has 1 atom stereocenters. The van der Waals surface area contributed by atoms with Gasteiger partial charge in [-0.3, -0.25) is 4.79 Å². The van der Waals surface area contributed by atoms with Crippen LogP contribution >= 0.6 is 0 Å². The third kappa shape index (κ3) is 3.73. The number of carbonyl (C=O) groups is 1. The predicted molar refractivity (Wildman–Crippen MR) is 80.6 cm³/mol. The van der Waals surface area contributed by atoms with Crippen molar-refractivity contribution in [1.82, 2.24) is 10.2 Å². The van der Waals surface area contributed by atoms with E-state index in [0.29, 0.717) is 11.8 Å². The molecular weight excluding hydrogens is 252 g/mol. The number of rotatable bonds is 5. The molecule has 1 amide bonds. The number of ether oxygens (including phenoxy) is 1. The Morgan fingerprint density at radius 2 is 2.15 bits per heavy atom. The molecule has 1 N–H and O–H groups in total. The van der Waals surface area contributed by atoms with Crippen molar-refractivity contribution >= 4 is 5.91 Å². The molecular formula is C16H30N2O2. The second-order valence-corrected chi connectivity index (χ2v) is 6.55.